The van der Waals surface area contributed by atoms with Crippen LogP contribution in [0, 0.1) is 0 Å². The average Bonchev–Trinajstić information content (AvgIpc) is 2.89. The van der Waals surface area contributed by atoms with Gasteiger partial charge < -0.3 is 31.6 Å². The zero-order valence-corrected chi connectivity index (χ0v) is 20.9. The van der Waals surface area contributed by atoms with Crippen molar-refractivity contribution < 1.29 is 23.9 Å². The molecule has 0 aliphatic rings. The smallest absolute Gasteiger partial charge is 0.408 e. The molecule has 2 amide bonds. The molecule has 6 N–H and O–H groups in total. The van der Waals surface area contributed by atoms with Gasteiger partial charge in [0, 0.05) is 6.54 Å². The van der Waals surface area contributed by atoms with Crippen LogP contribution in [0.15, 0.2) is 65.7 Å². The maximum atomic E-state index is 13.0. The van der Waals surface area contributed by atoms with E-state index in [1.165, 1.54) is 0 Å². The van der Waals surface area contributed by atoms with E-state index < -0.39 is 24.1 Å². The van der Waals surface area contributed by atoms with Crippen LogP contribution < -0.4 is 22.1 Å². The molecule has 0 unspecified atom stereocenters. The lowest BCUT2D eigenvalue weighted by molar-refractivity contribution is -0.129. The summed E-state index contributed by atoms with van der Waals surface area (Å²) in [5.74, 6) is -1.02. The van der Waals surface area contributed by atoms with Gasteiger partial charge in [0.15, 0.2) is 11.7 Å². The molecule has 0 saturated heterocycles. The quantitative estimate of drug-likeness (QED) is 0.104. The van der Waals surface area contributed by atoms with Crippen LogP contribution in [-0.2, 0) is 32.3 Å². The molecule has 194 valence electrons. The molecule has 2 aromatic rings. The molecule has 0 aliphatic heterocycles. The van der Waals surface area contributed by atoms with E-state index in [4.69, 9.17) is 20.9 Å². The summed E-state index contributed by atoms with van der Waals surface area (Å²) in [5, 5.41) is 5.23. The molecule has 11 heteroatoms. The predicted molar refractivity (Wildman–Crippen MR) is 140 cm³/mol. The minimum atomic E-state index is -0.980. The maximum absolute atomic E-state index is 13.0. The van der Waals surface area contributed by atoms with Crippen molar-refractivity contribution in [3.8, 4) is 0 Å². The summed E-state index contributed by atoms with van der Waals surface area (Å²) < 4.78 is 10.9. The molecule has 0 heterocycles. The average molecular weight is 516 g/mol. The summed E-state index contributed by atoms with van der Waals surface area (Å²) in [7, 11) is 0. The van der Waals surface area contributed by atoms with Crippen LogP contribution in [-0.4, -0.2) is 54.7 Å². The first-order valence-corrected chi connectivity index (χ1v) is 12.1. The van der Waals surface area contributed by atoms with Gasteiger partial charge >= 0.3 is 6.09 Å². The molecular weight excluding hydrogens is 482 g/mol. The number of nitrogens with zero attached hydrogens (tertiary/aromatic N) is 1. The van der Waals surface area contributed by atoms with Crippen molar-refractivity contribution >= 4 is 36.4 Å². The zero-order chi connectivity index (χ0) is 26.2. The van der Waals surface area contributed by atoms with E-state index in [0.717, 1.165) is 11.1 Å². The lowest BCUT2D eigenvalue weighted by Gasteiger charge is -2.22. The number of rotatable bonds is 15. The Bertz CT molecular complexity index is 987. The molecule has 0 aliphatic carbocycles. The lowest BCUT2D eigenvalue weighted by atomic mass is 10.1. The fraction of sp³-hybridized carbons (Fsp3) is 0.360. The van der Waals surface area contributed by atoms with Gasteiger partial charge in [-0.25, -0.2) is 4.79 Å². The molecule has 2 atom stereocenters. The summed E-state index contributed by atoms with van der Waals surface area (Å²) in [5.41, 5.74) is 12.4. The Morgan fingerprint density at radius 3 is 2.08 bits per heavy atom. The Kier molecular flexibility index (Phi) is 12.9. The van der Waals surface area contributed by atoms with E-state index in [1.54, 1.807) is 0 Å². The van der Waals surface area contributed by atoms with Crippen LogP contribution >= 0.6 is 12.6 Å². The van der Waals surface area contributed by atoms with E-state index in [-0.39, 0.29) is 50.3 Å². The van der Waals surface area contributed by atoms with Crippen molar-refractivity contribution in [1.82, 2.24) is 10.6 Å². The van der Waals surface area contributed by atoms with Crippen molar-refractivity contribution in [3.63, 3.8) is 0 Å². The first-order chi connectivity index (χ1) is 17.4. The molecular formula is C25H33N5O5S. The Labute approximate surface area is 216 Å². The van der Waals surface area contributed by atoms with E-state index in [2.05, 4.69) is 28.3 Å². The topological polar surface area (TPSA) is 158 Å². The number of aliphatic imine (C=N–C) groups is 1. The fourth-order valence-corrected chi connectivity index (χ4v) is 3.37. The number of guanidine groups is 1. The Hall–Kier alpha value is -3.57. The third kappa shape index (κ3) is 11.2. The number of carbonyl (C=O) groups is 3. The molecule has 0 saturated carbocycles. The predicted octanol–water partition coefficient (Wildman–Crippen LogP) is 1.54. The molecule has 0 aromatic heterocycles. The molecule has 0 spiro atoms. The Morgan fingerprint density at radius 1 is 0.889 bits per heavy atom. The van der Waals surface area contributed by atoms with E-state index in [0.29, 0.717) is 6.42 Å². The first-order valence-electron chi connectivity index (χ1n) is 11.5. The molecule has 36 heavy (non-hydrogen) atoms. The number of alkyl carbamates (subject to hydrolysis) is 1. The first kappa shape index (κ1) is 28.7. The molecule has 2 rings (SSSR count). The van der Waals surface area contributed by atoms with Gasteiger partial charge in [0.25, 0.3) is 0 Å². The van der Waals surface area contributed by atoms with E-state index in [9.17, 15) is 14.4 Å². The van der Waals surface area contributed by atoms with Crippen LogP contribution in [0.5, 0.6) is 0 Å². The zero-order valence-electron chi connectivity index (χ0n) is 20.0. The van der Waals surface area contributed by atoms with Gasteiger partial charge in [-0.05, 0) is 24.0 Å². The highest BCUT2D eigenvalue weighted by Gasteiger charge is 2.26. The van der Waals surface area contributed by atoms with Crippen LogP contribution in [0.1, 0.15) is 24.0 Å². The van der Waals surface area contributed by atoms with Gasteiger partial charge in [-0.1, -0.05) is 60.7 Å². The number of nitrogens with one attached hydrogen (secondary N) is 2. The third-order valence-electron chi connectivity index (χ3n) is 5.02. The van der Waals surface area contributed by atoms with Crippen molar-refractivity contribution in [2.45, 2.75) is 38.1 Å². The number of benzene rings is 2. The van der Waals surface area contributed by atoms with Crippen LogP contribution in [0.3, 0.4) is 0 Å². The second kappa shape index (κ2) is 16.2. The summed E-state index contributed by atoms with van der Waals surface area (Å²) in [6.45, 7) is 0.549. The number of hydrogen-bond acceptors (Lipinski definition) is 7. The van der Waals surface area contributed by atoms with Crippen LogP contribution in [0.25, 0.3) is 0 Å². The summed E-state index contributed by atoms with van der Waals surface area (Å²) in [6, 6.07) is 16.7. The minimum absolute atomic E-state index is 0.0425. The maximum Gasteiger partial charge on any atom is 0.408 e. The van der Waals surface area contributed by atoms with E-state index >= 15 is 0 Å². The third-order valence-corrected chi connectivity index (χ3v) is 5.34. The SMILES string of the molecule is NC(N)=NCCC[C@H](NC(=O)OCc1ccccc1)C(=O)N[C@@H](COCc1ccccc1)C(=O)CS. The second-order valence-corrected chi connectivity index (χ2v) is 8.21. The van der Waals surface area contributed by atoms with Crippen molar-refractivity contribution in [2.75, 3.05) is 18.9 Å². The monoisotopic (exact) mass is 515 g/mol. The van der Waals surface area contributed by atoms with Crippen molar-refractivity contribution in [1.29, 1.82) is 0 Å². The number of Topliss-reactive ketones (excluding diaryl/α,β-unsaturated/α-hetero) is 1. The molecule has 2 aromatic carbocycles. The number of ether oxygens (including phenoxy) is 2. The fourth-order valence-electron chi connectivity index (χ4n) is 3.15. The molecule has 0 fully saturated rings. The number of ketones is 1. The summed E-state index contributed by atoms with van der Waals surface area (Å²) in [6.07, 6.45) is -0.140. The highest BCUT2D eigenvalue weighted by atomic mass is 32.1. The Morgan fingerprint density at radius 2 is 1.50 bits per heavy atom. The van der Waals surface area contributed by atoms with Gasteiger partial charge in [0.2, 0.25) is 5.91 Å². The highest BCUT2D eigenvalue weighted by molar-refractivity contribution is 7.81. The standard InChI is InChI=1S/C25H33N5O5S/c26-24(27)28-13-7-12-20(30-25(33)35-15-19-10-5-2-6-11-19)23(32)29-21(22(31)17-36)16-34-14-18-8-3-1-4-9-18/h1-6,8-11,20-21,36H,7,12-17H2,(H,29,32)(H,30,33)(H4,26,27,28)/t20-,21-/m0/s1. The second-order valence-electron chi connectivity index (χ2n) is 7.89. The highest BCUT2D eigenvalue weighted by Crippen LogP contribution is 2.06. The van der Waals surface area contributed by atoms with Crippen LogP contribution in [0.2, 0.25) is 0 Å². The number of hydrogen-bond donors (Lipinski definition) is 5. The van der Waals surface area contributed by atoms with Crippen molar-refractivity contribution in [3.05, 3.63) is 71.8 Å². The summed E-state index contributed by atoms with van der Waals surface area (Å²) >= 11 is 4.04. The van der Waals surface area contributed by atoms with Gasteiger partial charge in [0.05, 0.1) is 19.0 Å². The van der Waals surface area contributed by atoms with E-state index in [1.807, 2.05) is 60.7 Å². The number of carbonyl (C=O) groups excluding carboxylic acids is 3. The normalized spacial score (nSPS) is 12.1. The molecule has 0 radical (unpaired) electrons. The van der Waals surface area contributed by atoms with Gasteiger partial charge in [0.1, 0.15) is 18.7 Å². The van der Waals surface area contributed by atoms with Crippen LogP contribution in [0.4, 0.5) is 4.79 Å². The van der Waals surface area contributed by atoms with Crippen molar-refractivity contribution in [2.24, 2.45) is 16.5 Å². The Balaban J connectivity index is 1.98. The molecule has 0 bridgehead atoms. The lowest BCUT2D eigenvalue weighted by Crippen LogP contribution is -2.53. The minimum Gasteiger partial charge on any atom is -0.445 e. The summed E-state index contributed by atoms with van der Waals surface area (Å²) in [4.78, 5) is 41.7. The number of thiol groups is 1. The number of nitrogens with two attached hydrogens (primary N) is 2. The van der Waals surface area contributed by atoms with Gasteiger partial charge in [-0.3, -0.25) is 14.6 Å². The largest absolute Gasteiger partial charge is 0.445 e. The van der Waals surface area contributed by atoms with Gasteiger partial charge in [-0.2, -0.15) is 12.6 Å². The molecule has 10 nitrogen and oxygen atoms in total. The number of amides is 2. The van der Waals surface area contributed by atoms with Gasteiger partial charge in [-0.15, -0.1) is 0 Å².